The van der Waals surface area contributed by atoms with Crippen molar-refractivity contribution in [3.63, 3.8) is 0 Å². The highest BCUT2D eigenvalue weighted by Crippen LogP contribution is 2.24. The summed E-state index contributed by atoms with van der Waals surface area (Å²) in [5, 5.41) is 6.20. The molecule has 0 atom stereocenters. The van der Waals surface area contributed by atoms with Crippen molar-refractivity contribution >= 4 is 17.4 Å². The van der Waals surface area contributed by atoms with Crippen LogP contribution in [0.2, 0.25) is 0 Å². The molecule has 26 heavy (non-hydrogen) atoms. The molecule has 1 aliphatic rings. The maximum absolute atomic E-state index is 12.5. The van der Waals surface area contributed by atoms with Crippen LogP contribution in [-0.2, 0) is 0 Å². The summed E-state index contributed by atoms with van der Waals surface area (Å²) in [6, 6.07) is 10.8. The molecule has 2 N–H and O–H groups in total. The minimum atomic E-state index is -0.185. The zero-order valence-corrected chi connectivity index (χ0v) is 15.1. The molecule has 1 heterocycles. The number of carbonyl (C=O) groups is 1. The van der Waals surface area contributed by atoms with Crippen molar-refractivity contribution in [1.82, 2.24) is 4.98 Å². The average molecular weight is 351 g/mol. The molecule has 1 aromatic carbocycles. The van der Waals surface area contributed by atoms with Gasteiger partial charge in [-0.05, 0) is 56.4 Å². The van der Waals surface area contributed by atoms with E-state index in [2.05, 4.69) is 21.7 Å². The Hall–Kier alpha value is -2.82. The van der Waals surface area contributed by atoms with Gasteiger partial charge in [-0.3, -0.25) is 4.79 Å². The van der Waals surface area contributed by atoms with Crippen LogP contribution in [-0.4, -0.2) is 24.5 Å². The van der Waals surface area contributed by atoms with Gasteiger partial charge in [0.15, 0.2) is 0 Å². The summed E-state index contributed by atoms with van der Waals surface area (Å²) in [7, 11) is 1.58. The number of allylic oxidation sites excluding steroid dienone is 1. The van der Waals surface area contributed by atoms with Gasteiger partial charge in [-0.2, -0.15) is 0 Å². The lowest BCUT2D eigenvalue weighted by atomic mass is 9.97. The number of benzene rings is 1. The highest BCUT2D eigenvalue weighted by molar-refractivity contribution is 6.05. The average Bonchev–Trinajstić information content (AvgIpc) is 2.69. The van der Waals surface area contributed by atoms with E-state index in [1.54, 1.807) is 25.4 Å². The van der Waals surface area contributed by atoms with Gasteiger partial charge in [-0.25, -0.2) is 4.98 Å². The summed E-state index contributed by atoms with van der Waals surface area (Å²) in [5.74, 6) is 1.16. The second-order valence-electron chi connectivity index (χ2n) is 6.37. The third-order valence-electron chi connectivity index (χ3n) is 4.51. The second-order valence-corrected chi connectivity index (χ2v) is 6.37. The van der Waals surface area contributed by atoms with Crippen LogP contribution >= 0.6 is 0 Å². The first-order valence-corrected chi connectivity index (χ1v) is 9.08. The molecule has 0 saturated heterocycles. The third-order valence-corrected chi connectivity index (χ3v) is 4.51. The fourth-order valence-corrected chi connectivity index (χ4v) is 3.09. The molecule has 0 bridgehead atoms. The smallest absolute Gasteiger partial charge is 0.255 e. The van der Waals surface area contributed by atoms with Crippen LogP contribution in [0.25, 0.3) is 0 Å². The van der Waals surface area contributed by atoms with Crippen LogP contribution in [0.3, 0.4) is 0 Å². The molecule has 0 aliphatic heterocycles. The summed E-state index contributed by atoms with van der Waals surface area (Å²) >= 11 is 0. The molecule has 0 radical (unpaired) electrons. The Kier molecular flexibility index (Phi) is 6.25. The van der Waals surface area contributed by atoms with E-state index in [9.17, 15) is 4.79 Å². The number of pyridine rings is 1. The molecule has 5 nitrogen and oxygen atoms in total. The minimum Gasteiger partial charge on any atom is -0.495 e. The van der Waals surface area contributed by atoms with Gasteiger partial charge < -0.3 is 15.4 Å². The van der Waals surface area contributed by atoms with Crippen LogP contribution in [0.1, 0.15) is 42.5 Å². The van der Waals surface area contributed by atoms with E-state index in [-0.39, 0.29) is 5.91 Å². The molecular formula is C21H25N3O2. The molecule has 5 heteroatoms. The van der Waals surface area contributed by atoms with Gasteiger partial charge in [0, 0.05) is 18.3 Å². The lowest BCUT2D eigenvalue weighted by molar-refractivity contribution is 0.102. The molecule has 2 aromatic rings. The number of methoxy groups -OCH3 is 1. The van der Waals surface area contributed by atoms with Gasteiger partial charge in [-0.1, -0.05) is 23.8 Å². The van der Waals surface area contributed by atoms with Crippen LogP contribution in [0.15, 0.2) is 54.2 Å². The topological polar surface area (TPSA) is 63.2 Å². The number of hydrogen-bond acceptors (Lipinski definition) is 4. The number of rotatable bonds is 7. The van der Waals surface area contributed by atoms with E-state index >= 15 is 0 Å². The van der Waals surface area contributed by atoms with Crippen molar-refractivity contribution < 1.29 is 9.53 Å². The summed E-state index contributed by atoms with van der Waals surface area (Å²) in [4.78, 5) is 16.8. The molecule has 1 aromatic heterocycles. The van der Waals surface area contributed by atoms with E-state index in [0.29, 0.717) is 22.8 Å². The zero-order valence-electron chi connectivity index (χ0n) is 15.1. The van der Waals surface area contributed by atoms with E-state index in [1.807, 2.05) is 24.3 Å². The maximum Gasteiger partial charge on any atom is 0.255 e. The molecule has 0 saturated carbocycles. The first-order chi connectivity index (χ1) is 12.8. The lowest BCUT2D eigenvalue weighted by Gasteiger charge is -2.13. The second kappa shape index (κ2) is 9.04. The van der Waals surface area contributed by atoms with Crippen molar-refractivity contribution in [2.24, 2.45) is 0 Å². The van der Waals surface area contributed by atoms with Crippen molar-refractivity contribution in [2.45, 2.75) is 32.1 Å². The summed E-state index contributed by atoms with van der Waals surface area (Å²) < 4.78 is 5.27. The van der Waals surface area contributed by atoms with Crippen molar-refractivity contribution in [3.8, 4) is 5.75 Å². The molecule has 0 unspecified atom stereocenters. The van der Waals surface area contributed by atoms with Gasteiger partial charge >= 0.3 is 0 Å². The number of nitrogens with one attached hydrogen (secondary N) is 2. The lowest BCUT2D eigenvalue weighted by Crippen LogP contribution is -2.13. The molecule has 0 fully saturated rings. The zero-order chi connectivity index (χ0) is 18.2. The molecule has 136 valence electrons. The van der Waals surface area contributed by atoms with Crippen LogP contribution in [0.5, 0.6) is 5.75 Å². The van der Waals surface area contributed by atoms with Crippen molar-refractivity contribution in [2.75, 3.05) is 24.3 Å². The van der Waals surface area contributed by atoms with Gasteiger partial charge in [0.2, 0.25) is 0 Å². The fraction of sp³-hybridized carbons (Fsp3) is 0.333. The quantitative estimate of drug-likeness (QED) is 0.713. The van der Waals surface area contributed by atoms with E-state index in [4.69, 9.17) is 4.74 Å². The third kappa shape index (κ3) is 4.85. The van der Waals surface area contributed by atoms with Crippen molar-refractivity contribution in [1.29, 1.82) is 0 Å². The number of carbonyl (C=O) groups excluding carboxylic acids is 1. The van der Waals surface area contributed by atoms with E-state index in [1.165, 1.54) is 31.3 Å². The summed E-state index contributed by atoms with van der Waals surface area (Å²) in [5.41, 5.74) is 2.73. The SMILES string of the molecule is COc1ccccc1NC(=O)c1ccnc(NCCC2=CCCCC2)c1. The molecule has 1 aliphatic carbocycles. The van der Waals surface area contributed by atoms with Crippen LogP contribution in [0, 0.1) is 0 Å². The largest absolute Gasteiger partial charge is 0.495 e. The van der Waals surface area contributed by atoms with E-state index in [0.717, 1.165) is 13.0 Å². The monoisotopic (exact) mass is 351 g/mol. The normalized spacial score (nSPS) is 13.7. The number of nitrogens with zero attached hydrogens (tertiary/aromatic N) is 1. The molecule has 1 amide bonds. The summed E-state index contributed by atoms with van der Waals surface area (Å²) in [6.45, 7) is 0.830. The Bertz CT molecular complexity index is 786. The number of aromatic nitrogens is 1. The highest BCUT2D eigenvalue weighted by atomic mass is 16.5. The molecule has 0 spiro atoms. The predicted molar refractivity (Wildman–Crippen MR) is 105 cm³/mol. The van der Waals surface area contributed by atoms with Crippen molar-refractivity contribution in [3.05, 3.63) is 59.8 Å². The van der Waals surface area contributed by atoms with E-state index < -0.39 is 0 Å². The van der Waals surface area contributed by atoms with Crippen LogP contribution in [0.4, 0.5) is 11.5 Å². The first-order valence-electron chi connectivity index (χ1n) is 9.08. The standard InChI is InChI=1S/C21H25N3O2/c1-26-19-10-6-5-9-18(19)24-21(25)17-12-14-23-20(15-17)22-13-11-16-7-3-2-4-8-16/h5-7,9-10,12,14-15H,2-4,8,11,13H2,1H3,(H,22,23)(H,24,25). The van der Waals surface area contributed by atoms with Gasteiger partial charge in [0.25, 0.3) is 5.91 Å². The molecular weight excluding hydrogens is 326 g/mol. The molecule has 3 rings (SSSR count). The number of anilines is 2. The number of amides is 1. The van der Waals surface area contributed by atoms with Gasteiger partial charge in [-0.15, -0.1) is 0 Å². The highest BCUT2D eigenvalue weighted by Gasteiger charge is 2.10. The van der Waals surface area contributed by atoms with Crippen LogP contribution < -0.4 is 15.4 Å². The first kappa shape index (κ1) is 18.0. The minimum absolute atomic E-state index is 0.185. The Labute approximate surface area is 154 Å². The Morgan fingerprint density at radius 2 is 2.12 bits per heavy atom. The van der Waals surface area contributed by atoms with Gasteiger partial charge in [0.05, 0.1) is 12.8 Å². The fourth-order valence-electron chi connectivity index (χ4n) is 3.09. The Morgan fingerprint density at radius 1 is 1.23 bits per heavy atom. The number of hydrogen-bond donors (Lipinski definition) is 2. The number of para-hydroxylation sites is 2. The predicted octanol–water partition coefficient (Wildman–Crippen LogP) is 4.64. The Morgan fingerprint density at radius 3 is 2.92 bits per heavy atom. The summed E-state index contributed by atoms with van der Waals surface area (Å²) in [6.07, 6.45) is 10.0. The maximum atomic E-state index is 12.5. The Balaban J connectivity index is 1.59. The van der Waals surface area contributed by atoms with Gasteiger partial charge in [0.1, 0.15) is 11.6 Å². The number of ether oxygens (including phenoxy) is 1.